The molecule has 0 aromatic heterocycles. The van der Waals surface area contributed by atoms with Crippen molar-refractivity contribution in [2.45, 2.75) is 46.2 Å². The average molecular weight is 362 g/mol. The van der Waals surface area contributed by atoms with E-state index in [1.54, 1.807) is 4.90 Å². The number of hydrogen-bond donors (Lipinski definition) is 2. The van der Waals surface area contributed by atoms with Gasteiger partial charge in [-0.3, -0.25) is 0 Å². The van der Waals surface area contributed by atoms with Crippen molar-refractivity contribution in [2.75, 3.05) is 26.3 Å². The largest absolute Gasteiger partial charge is 0.494 e. The van der Waals surface area contributed by atoms with Crippen LogP contribution < -0.4 is 15.8 Å². The number of ether oxygens (including phenoxy) is 2. The highest BCUT2D eigenvalue weighted by Crippen LogP contribution is 2.21. The molecular weight excluding hydrogens is 332 g/mol. The minimum Gasteiger partial charge on any atom is -0.494 e. The number of piperidine rings is 1. The van der Waals surface area contributed by atoms with E-state index in [-0.39, 0.29) is 12.1 Å². The minimum atomic E-state index is -0.240. The molecule has 0 spiro atoms. The molecular formula is C19H30N4O3. The lowest BCUT2D eigenvalue weighted by atomic mass is 10.1. The van der Waals surface area contributed by atoms with Crippen LogP contribution in [0.4, 0.5) is 4.79 Å². The molecule has 7 heteroatoms. The van der Waals surface area contributed by atoms with Crippen molar-refractivity contribution in [1.82, 2.24) is 10.2 Å². The highest BCUT2D eigenvalue weighted by molar-refractivity contribution is 5.78. The van der Waals surface area contributed by atoms with Gasteiger partial charge in [-0.15, -0.1) is 0 Å². The Balaban J connectivity index is 1.85. The molecule has 0 atom stereocenters. The van der Waals surface area contributed by atoms with E-state index < -0.39 is 0 Å². The first-order valence-electron chi connectivity index (χ1n) is 9.24. The number of hydrogen-bond acceptors (Lipinski definition) is 4. The summed E-state index contributed by atoms with van der Waals surface area (Å²) in [5.41, 5.74) is 8.21. The zero-order valence-electron chi connectivity index (χ0n) is 16.0. The van der Waals surface area contributed by atoms with Gasteiger partial charge in [-0.1, -0.05) is 12.1 Å². The van der Waals surface area contributed by atoms with E-state index in [2.05, 4.69) is 10.3 Å². The molecule has 0 saturated carbocycles. The van der Waals surface area contributed by atoms with Gasteiger partial charge in [0.1, 0.15) is 5.75 Å². The van der Waals surface area contributed by atoms with E-state index >= 15 is 0 Å². The number of guanidine groups is 1. The summed E-state index contributed by atoms with van der Waals surface area (Å²) < 4.78 is 10.7. The molecule has 1 heterocycles. The fourth-order valence-electron chi connectivity index (χ4n) is 2.93. The predicted molar refractivity (Wildman–Crippen MR) is 102 cm³/mol. The third-order valence-electron chi connectivity index (χ3n) is 4.32. The Morgan fingerprint density at radius 2 is 2.04 bits per heavy atom. The number of aryl methyl sites for hydroxylation is 1. The number of likely N-dealkylation sites (tertiary alicyclic amines) is 1. The summed E-state index contributed by atoms with van der Waals surface area (Å²) in [6.07, 6.45) is 1.41. The molecule has 0 bridgehead atoms. The topological polar surface area (TPSA) is 89.2 Å². The van der Waals surface area contributed by atoms with Crippen LogP contribution in [0.15, 0.2) is 23.2 Å². The highest BCUT2D eigenvalue weighted by Gasteiger charge is 2.23. The Morgan fingerprint density at radius 3 is 2.69 bits per heavy atom. The standard InChI is InChI=1S/C19H30N4O3/c1-4-25-17-12-14(3)6-7-15(17)13-21-18(20)22-16-8-10-23(11-9-16)19(24)26-5-2/h6-7,12,16H,4-5,8-11,13H2,1-3H3,(H3,20,21,22). The van der Waals surface area contributed by atoms with Crippen molar-refractivity contribution < 1.29 is 14.3 Å². The van der Waals surface area contributed by atoms with Crippen molar-refractivity contribution in [3.05, 3.63) is 29.3 Å². The van der Waals surface area contributed by atoms with E-state index in [0.717, 1.165) is 29.7 Å². The smallest absolute Gasteiger partial charge is 0.409 e. The number of nitrogens with two attached hydrogens (primary N) is 1. The second-order valence-electron chi connectivity index (χ2n) is 6.35. The monoisotopic (exact) mass is 362 g/mol. The number of carbonyl (C=O) groups excluding carboxylic acids is 1. The van der Waals surface area contributed by atoms with E-state index in [9.17, 15) is 4.79 Å². The number of carbonyl (C=O) groups is 1. The lowest BCUT2D eigenvalue weighted by Crippen LogP contribution is -2.48. The van der Waals surface area contributed by atoms with Crippen LogP contribution in [0.1, 0.15) is 37.8 Å². The van der Waals surface area contributed by atoms with Crippen molar-refractivity contribution in [3.8, 4) is 5.75 Å². The van der Waals surface area contributed by atoms with Crippen LogP contribution in [0.25, 0.3) is 0 Å². The average Bonchev–Trinajstić information content (AvgIpc) is 2.62. The van der Waals surface area contributed by atoms with Crippen LogP contribution in [0.2, 0.25) is 0 Å². The maximum absolute atomic E-state index is 11.7. The lowest BCUT2D eigenvalue weighted by molar-refractivity contribution is 0.0963. The summed E-state index contributed by atoms with van der Waals surface area (Å²) in [7, 11) is 0. The summed E-state index contributed by atoms with van der Waals surface area (Å²) in [4.78, 5) is 17.9. The predicted octanol–water partition coefficient (Wildman–Crippen LogP) is 2.42. The van der Waals surface area contributed by atoms with Crippen LogP contribution in [0, 0.1) is 6.92 Å². The number of nitrogens with zero attached hydrogens (tertiary/aromatic N) is 2. The number of benzene rings is 1. The second kappa shape index (κ2) is 9.89. The Kier molecular flexibility index (Phi) is 7.56. The van der Waals surface area contributed by atoms with E-state index in [1.165, 1.54) is 0 Å². The van der Waals surface area contributed by atoms with Gasteiger partial charge in [-0.25, -0.2) is 9.79 Å². The SMILES string of the molecule is CCOC(=O)N1CCC(NC(N)=NCc2ccc(C)cc2OCC)CC1. The zero-order chi connectivity index (χ0) is 18.9. The van der Waals surface area contributed by atoms with Crippen molar-refractivity contribution >= 4 is 12.1 Å². The molecule has 1 fully saturated rings. The van der Waals surface area contributed by atoms with Crippen LogP contribution in [-0.2, 0) is 11.3 Å². The Labute approximate surface area is 155 Å². The lowest BCUT2D eigenvalue weighted by Gasteiger charge is -2.31. The van der Waals surface area contributed by atoms with Crippen LogP contribution in [0.5, 0.6) is 5.75 Å². The van der Waals surface area contributed by atoms with Gasteiger partial charge in [0.15, 0.2) is 5.96 Å². The van der Waals surface area contributed by atoms with Gasteiger partial charge in [-0.2, -0.15) is 0 Å². The van der Waals surface area contributed by atoms with Crippen molar-refractivity contribution in [2.24, 2.45) is 10.7 Å². The summed E-state index contributed by atoms with van der Waals surface area (Å²) in [6, 6.07) is 6.30. The molecule has 1 aliphatic rings. The summed E-state index contributed by atoms with van der Waals surface area (Å²) >= 11 is 0. The summed E-state index contributed by atoms with van der Waals surface area (Å²) in [5, 5.41) is 3.25. The molecule has 1 aromatic carbocycles. The molecule has 1 aliphatic heterocycles. The van der Waals surface area contributed by atoms with Gasteiger partial charge in [-0.05, 0) is 45.2 Å². The van der Waals surface area contributed by atoms with Gasteiger partial charge in [0.25, 0.3) is 0 Å². The maximum atomic E-state index is 11.7. The van der Waals surface area contributed by atoms with Crippen molar-refractivity contribution in [1.29, 1.82) is 0 Å². The molecule has 144 valence electrons. The quantitative estimate of drug-likeness (QED) is 0.599. The normalized spacial score (nSPS) is 15.7. The van der Waals surface area contributed by atoms with Crippen LogP contribution in [-0.4, -0.2) is 49.3 Å². The summed E-state index contributed by atoms with van der Waals surface area (Å²) in [6.45, 7) is 8.63. The van der Waals surface area contributed by atoms with Gasteiger partial charge in [0, 0.05) is 24.7 Å². The van der Waals surface area contributed by atoms with E-state index in [1.807, 2.05) is 39.0 Å². The summed E-state index contributed by atoms with van der Waals surface area (Å²) in [5.74, 6) is 1.27. The molecule has 2 rings (SSSR count). The highest BCUT2D eigenvalue weighted by atomic mass is 16.6. The minimum absolute atomic E-state index is 0.216. The molecule has 0 radical (unpaired) electrons. The first kappa shape index (κ1) is 19.9. The fourth-order valence-corrected chi connectivity index (χ4v) is 2.93. The third-order valence-corrected chi connectivity index (χ3v) is 4.32. The van der Waals surface area contributed by atoms with Crippen LogP contribution >= 0.6 is 0 Å². The van der Waals surface area contributed by atoms with Gasteiger partial charge in [0.05, 0.1) is 19.8 Å². The molecule has 26 heavy (non-hydrogen) atoms. The van der Waals surface area contributed by atoms with Crippen molar-refractivity contribution in [3.63, 3.8) is 0 Å². The molecule has 0 aliphatic carbocycles. The fraction of sp³-hybridized carbons (Fsp3) is 0.579. The maximum Gasteiger partial charge on any atom is 0.409 e. The third kappa shape index (κ3) is 5.82. The molecule has 1 amide bonds. The number of aliphatic imine (C=N–C) groups is 1. The first-order valence-corrected chi connectivity index (χ1v) is 9.24. The molecule has 7 nitrogen and oxygen atoms in total. The van der Waals surface area contributed by atoms with E-state index in [0.29, 0.717) is 38.8 Å². The van der Waals surface area contributed by atoms with Crippen LogP contribution in [0.3, 0.4) is 0 Å². The van der Waals surface area contributed by atoms with E-state index in [4.69, 9.17) is 15.2 Å². The first-order chi connectivity index (χ1) is 12.5. The van der Waals surface area contributed by atoms with Gasteiger partial charge in [0.2, 0.25) is 0 Å². The Morgan fingerprint density at radius 1 is 1.31 bits per heavy atom. The number of rotatable bonds is 6. The Bertz CT molecular complexity index is 625. The second-order valence-corrected chi connectivity index (χ2v) is 6.35. The van der Waals surface area contributed by atoms with Gasteiger partial charge < -0.3 is 25.4 Å². The molecule has 1 aromatic rings. The molecule has 3 N–H and O–H groups in total. The zero-order valence-corrected chi connectivity index (χ0v) is 16.0. The Hall–Kier alpha value is -2.44. The van der Waals surface area contributed by atoms with Gasteiger partial charge >= 0.3 is 6.09 Å². The molecule has 1 saturated heterocycles. The molecule has 0 unspecified atom stereocenters. The number of amides is 1. The number of nitrogens with one attached hydrogen (secondary N) is 1.